The summed E-state index contributed by atoms with van der Waals surface area (Å²) in [5.74, 6) is 2.59. The molecule has 70 valence electrons. The Kier molecular flexibility index (Phi) is 2.61. The lowest BCUT2D eigenvalue weighted by Crippen LogP contribution is -2.02. The van der Waals surface area contributed by atoms with Crippen LogP contribution in [0.5, 0.6) is 11.5 Å². The van der Waals surface area contributed by atoms with Gasteiger partial charge in [0.05, 0.1) is 0 Å². The molecule has 0 fully saturated rings. The number of hydrogen-bond donors (Lipinski definition) is 1. The Labute approximate surface area is 81.4 Å². The molecule has 1 aromatic carbocycles. The Morgan fingerprint density at radius 3 is 3.08 bits per heavy atom. The van der Waals surface area contributed by atoms with E-state index in [0.29, 0.717) is 6.79 Å². The van der Waals surface area contributed by atoms with Crippen molar-refractivity contribution in [2.24, 2.45) is 0 Å². The van der Waals surface area contributed by atoms with Crippen LogP contribution in [-0.4, -0.2) is 19.7 Å². The van der Waals surface area contributed by atoms with E-state index >= 15 is 0 Å². The second-order valence-electron chi connectivity index (χ2n) is 2.66. The summed E-state index contributed by atoms with van der Waals surface area (Å²) in [5.41, 5.74) is 0. The third-order valence-corrected chi connectivity index (χ3v) is 2.75. The lowest BCUT2D eigenvalue weighted by Gasteiger charge is -2.01. The fourth-order valence-corrected chi connectivity index (χ4v) is 1.79. The van der Waals surface area contributed by atoms with E-state index in [0.717, 1.165) is 17.4 Å². The summed E-state index contributed by atoms with van der Waals surface area (Å²) in [4.78, 5) is 1.19. The highest BCUT2D eigenvalue weighted by Crippen LogP contribution is 2.35. The van der Waals surface area contributed by atoms with Crippen molar-refractivity contribution < 1.29 is 9.47 Å². The van der Waals surface area contributed by atoms with Gasteiger partial charge in [-0.1, -0.05) is 0 Å². The molecule has 1 N–H and O–H groups in total. The van der Waals surface area contributed by atoms with Crippen LogP contribution in [-0.2, 0) is 0 Å². The Morgan fingerprint density at radius 2 is 2.23 bits per heavy atom. The Hall–Kier alpha value is -0.870. The molecular weight excluding hydrogens is 186 g/mol. The first-order valence-electron chi connectivity index (χ1n) is 4.07. The van der Waals surface area contributed by atoms with Crippen molar-refractivity contribution in [3.05, 3.63) is 18.2 Å². The summed E-state index contributed by atoms with van der Waals surface area (Å²) < 4.78 is 10.5. The lowest BCUT2D eigenvalue weighted by atomic mass is 10.3. The first-order chi connectivity index (χ1) is 6.40. The number of thioether (sulfide) groups is 1. The first kappa shape index (κ1) is 8.72. The minimum absolute atomic E-state index is 0.343. The summed E-state index contributed by atoms with van der Waals surface area (Å²) in [6, 6.07) is 5.99. The van der Waals surface area contributed by atoms with Crippen LogP contribution in [0.4, 0.5) is 0 Å². The minimum Gasteiger partial charge on any atom is -0.454 e. The van der Waals surface area contributed by atoms with E-state index in [4.69, 9.17) is 9.47 Å². The topological polar surface area (TPSA) is 30.5 Å². The number of hydrogen-bond acceptors (Lipinski definition) is 4. The van der Waals surface area contributed by atoms with E-state index < -0.39 is 0 Å². The average molecular weight is 197 g/mol. The third-order valence-electron chi connectivity index (χ3n) is 1.73. The predicted molar refractivity (Wildman–Crippen MR) is 52.3 cm³/mol. The fraction of sp³-hybridized carbons (Fsp3) is 0.333. The van der Waals surface area contributed by atoms with E-state index in [9.17, 15) is 0 Å². The van der Waals surface area contributed by atoms with Crippen LogP contribution in [0, 0.1) is 0 Å². The number of rotatable bonds is 3. The molecule has 0 atom stereocenters. The molecule has 2 rings (SSSR count). The van der Waals surface area contributed by atoms with Crippen LogP contribution in [0.25, 0.3) is 0 Å². The summed E-state index contributed by atoms with van der Waals surface area (Å²) >= 11 is 1.74. The molecule has 3 nitrogen and oxygen atoms in total. The molecule has 1 aliphatic heterocycles. The smallest absolute Gasteiger partial charge is 0.231 e. The van der Waals surface area contributed by atoms with Crippen molar-refractivity contribution >= 4 is 11.8 Å². The molecule has 1 aromatic rings. The fourth-order valence-electron chi connectivity index (χ4n) is 1.12. The molecular formula is C9H11NO2S. The second-order valence-corrected chi connectivity index (χ2v) is 3.71. The zero-order valence-electron chi connectivity index (χ0n) is 7.37. The van der Waals surface area contributed by atoms with Gasteiger partial charge in [-0.2, -0.15) is 0 Å². The normalized spacial score (nSPS) is 13.3. The standard InChI is InChI=1S/C9H11NO2S/c1-10-5-13-7-2-3-8-9(4-7)12-6-11-8/h2-4,10H,5-6H2,1H3. The molecule has 1 heterocycles. The van der Waals surface area contributed by atoms with Gasteiger partial charge in [0.2, 0.25) is 6.79 Å². The number of benzene rings is 1. The summed E-state index contributed by atoms with van der Waals surface area (Å²) in [6.07, 6.45) is 0. The van der Waals surface area contributed by atoms with Gasteiger partial charge in [0.25, 0.3) is 0 Å². The van der Waals surface area contributed by atoms with Crippen molar-refractivity contribution in [1.29, 1.82) is 0 Å². The van der Waals surface area contributed by atoms with E-state index in [1.165, 1.54) is 4.90 Å². The summed E-state index contributed by atoms with van der Waals surface area (Å²) in [5, 5.41) is 3.07. The molecule has 0 aromatic heterocycles. The summed E-state index contributed by atoms with van der Waals surface area (Å²) in [6.45, 7) is 0.343. The highest BCUT2D eigenvalue weighted by atomic mass is 32.2. The molecule has 13 heavy (non-hydrogen) atoms. The largest absolute Gasteiger partial charge is 0.454 e. The Morgan fingerprint density at radius 1 is 1.38 bits per heavy atom. The maximum atomic E-state index is 5.26. The quantitative estimate of drug-likeness (QED) is 0.590. The molecule has 0 aliphatic carbocycles. The van der Waals surface area contributed by atoms with E-state index in [1.54, 1.807) is 11.8 Å². The lowest BCUT2D eigenvalue weighted by molar-refractivity contribution is 0.174. The van der Waals surface area contributed by atoms with E-state index in [2.05, 4.69) is 5.32 Å². The van der Waals surface area contributed by atoms with Gasteiger partial charge < -0.3 is 14.8 Å². The third kappa shape index (κ3) is 1.89. The van der Waals surface area contributed by atoms with Crippen LogP contribution >= 0.6 is 11.8 Å². The highest BCUT2D eigenvalue weighted by Gasteiger charge is 2.12. The zero-order valence-corrected chi connectivity index (χ0v) is 8.19. The molecule has 0 bridgehead atoms. The van der Waals surface area contributed by atoms with Crippen molar-refractivity contribution in [3.8, 4) is 11.5 Å². The Balaban J connectivity index is 2.12. The Bertz CT molecular complexity index is 304. The molecule has 0 unspecified atom stereocenters. The number of ether oxygens (including phenoxy) is 2. The van der Waals surface area contributed by atoms with Crippen LogP contribution in [0.15, 0.2) is 23.1 Å². The van der Waals surface area contributed by atoms with Gasteiger partial charge in [0.1, 0.15) is 0 Å². The molecule has 0 saturated carbocycles. The van der Waals surface area contributed by atoms with Crippen LogP contribution in [0.3, 0.4) is 0 Å². The SMILES string of the molecule is CNCSc1ccc2c(c1)OCO2. The van der Waals surface area contributed by atoms with Crippen LogP contribution in [0.2, 0.25) is 0 Å². The summed E-state index contributed by atoms with van der Waals surface area (Å²) in [7, 11) is 1.93. The van der Waals surface area contributed by atoms with Gasteiger partial charge in [-0.3, -0.25) is 0 Å². The zero-order chi connectivity index (χ0) is 9.10. The van der Waals surface area contributed by atoms with Crippen LogP contribution < -0.4 is 14.8 Å². The molecule has 0 radical (unpaired) electrons. The van der Waals surface area contributed by atoms with Gasteiger partial charge in [-0.25, -0.2) is 0 Å². The molecule has 0 saturated heterocycles. The van der Waals surface area contributed by atoms with Crippen LogP contribution in [0.1, 0.15) is 0 Å². The van der Waals surface area contributed by atoms with Gasteiger partial charge in [0, 0.05) is 10.8 Å². The first-order valence-corrected chi connectivity index (χ1v) is 5.06. The molecule has 4 heteroatoms. The van der Waals surface area contributed by atoms with E-state index in [-0.39, 0.29) is 0 Å². The maximum absolute atomic E-state index is 5.26. The average Bonchev–Trinajstić information content (AvgIpc) is 2.61. The highest BCUT2D eigenvalue weighted by molar-refractivity contribution is 7.99. The molecule has 1 aliphatic rings. The predicted octanol–water partition coefficient (Wildman–Crippen LogP) is 1.68. The van der Waals surface area contributed by atoms with Gasteiger partial charge in [-0.15, -0.1) is 11.8 Å². The van der Waals surface area contributed by atoms with Crippen molar-refractivity contribution in [1.82, 2.24) is 5.32 Å². The maximum Gasteiger partial charge on any atom is 0.231 e. The number of nitrogens with one attached hydrogen (secondary N) is 1. The van der Waals surface area contributed by atoms with Crippen molar-refractivity contribution in [2.75, 3.05) is 19.7 Å². The van der Waals surface area contributed by atoms with Crippen molar-refractivity contribution in [2.45, 2.75) is 4.90 Å². The van der Waals surface area contributed by atoms with Gasteiger partial charge in [-0.05, 0) is 25.2 Å². The van der Waals surface area contributed by atoms with Gasteiger partial charge in [0.15, 0.2) is 11.5 Å². The van der Waals surface area contributed by atoms with Gasteiger partial charge >= 0.3 is 0 Å². The number of fused-ring (bicyclic) bond motifs is 1. The second kappa shape index (κ2) is 3.89. The molecule has 0 amide bonds. The van der Waals surface area contributed by atoms with E-state index in [1.807, 2.05) is 25.2 Å². The molecule has 0 spiro atoms. The monoisotopic (exact) mass is 197 g/mol. The minimum atomic E-state index is 0.343. The van der Waals surface area contributed by atoms with Crippen molar-refractivity contribution in [3.63, 3.8) is 0 Å².